The summed E-state index contributed by atoms with van der Waals surface area (Å²) in [5, 5.41) is 30.1. The van der Waals surface area contributed by atoms with Crippen molar-refractivity contribution in [2.75, 3.05) is 0 Å². The molecular weight excluding hydrogens is 483 g/mol. The standard InChI is InChI=1S/3C10H20O2.Al.3H/c3*1-2-3-4-5-6-7-8-9-10(11)12;;;;/h3*2-9H2,1H3,(H,11,12);;;;/p-3. The topological polar surface area (TPSA) is 120 Å². The maximum absolute atomic E-state index is 10.0. The number of unbranched alkanes of at least 4 members (excludes halogenated alkanes) is 18. The minimum Gasteiger partial charge on any atom is -0.550 e. The molecule has 222 valence electrons. The van der Waals surface area contributed by atoms with Gasteiger partial charge in [0.05, 0.1) is 0 Å². The zero-order valence-electron chi connectivity index (χ0n) is 23.9. The molecule has 0 radical (unpaired) electrons. The van der Waals surface area contributed by atoms with E-state index in [0.29, 0.717) is 0 Å². The zero-order valence-corrected chi connectivity index (χ0v) is 23.9. The number of hydrogen-bond donors (Lipinski definition) is 0. The summed E-state index contributed by atoms with van der Waals surface area (Å²) in [4.78, 5) is 30.1. The molecule has 0 aliphatic carbocycles. The molecule has 0 saturated heterocycles. The number of carbonyl (C=O) groups is 3. The molecule has 0 fully saturated rings. The number of aliphatic carboxylic acids is 3. The van der Waals surface area contributed by atoms with Crippen molar-refractivity contribution in [2.45, 2.75) is 175 Å². The van der Waals surface area contributed by atoms with E-state index in [2.05, 4.69) is 20.8 Å². The fourth-order valence-corrected chi connectivity index (χ4v) is 3.68. The Balaban J connectivity index is -0.000000218. The van der Waals surface area contributed by atoms with Crippen LogP contribution in [-0.4, -0.2) is 35.3 Å². The molecular formula is C30H60AlO6-3. The Kier molecular flexibility index (Phi) is 45.9. The Bertz CT molecular complexity index is 404. The Hall–Kier alpha value is -1.06. The summed E-state index contributed by atoms with van der Waals surface area (Å²) in [7, 11) is 0. The van der Waals surface area contributed by atoms with Gasteiger partial charge in [-0.15, -0.1) is 0 Å². The molecule has 0 aromatic carbocycles. The lowest BCUT2D eigenvalue weighted by molar-refractivity contribution is -0.307. The Morgan fingerprint density at radius 3 is 0.676 bits per heavy atom. The summed E-state index contributed by atoms with van der Waals surface area (Å²) >= 11 is 0. The van der Waals surface area contributed by atoms with Gasteiger partial charge in [-0.25, -0.2) is 0 Å². The first kappa shape index (κ1) is 43.0. The normalized spacial score (nSPS) is 9.81. The van der Waals surface area contributed by atoms with Gasteiger partial charge in [0.15, 0.2) is 17.4 Å². The number of rotatable bonds is 24. The van der Waals surface area contributed by atoms with Crippen LogP contribution in [0.15, 0.2) is 0 Å². The predicted molar refractivity (Wildman–Crippen MR) is 153 cm³/mol. The summed E-state index contributed by atoms with van der Waals surface area (Å²) in [6, 6.07) is 0. The highest BCUT2D eigenvalue weighted by molar-refractivity contribution is 5.75. The van der Waals surface area contributed by atoms with Gasteiger partial charge in [-0.05, 0) is 38.5 Å². The van der Waals surface area contributed by atoms with Crippen LogP contribution < -0.4 is 15.3 Å². The van der Waals surface area contributed by atoms with E-state index in [-0.39, 0.29) is 36.6 Å². The Morgan fingerprint density at radius 1 is 0.351 bits per heavy atom. The molecule has 0 aromatic heterocycles. The van der Waals surface area contributed by atoms with E-state index in [1.807, 2.05) is 0 Å². The predicted octanol–water partition coefficient (Wildman–Crippen LogP) is 4.45. The molecule has 7 heteroatoms. The lowest BCUT2D eigenvalue weighted by atomic mass is 10.1. The van der Waals surface area contributed by atoms with Crippen LogP contribution >= 0.6 is 0 Å². The van der Waals surface area contributed by atoms with Gasteiger partial charge in [0.2, 0.25) is 0 Å². The van der Waals surface area contributed by atoms with Gasteiger partial charge < -0.3 is 29.7 Å². The largest absolute Gasteiger partial charge is 0.550 e. The first-order valence-electron chi connectivity index (χ1n) is 14.9. The molecule has 0 atom stereocenters. The molecule has 0 spiro atoms. The van der Waals surface area contributed by atoms with E-state index in [0.717, 1.165) is 38.5 Å². The summed E-state index contributed by atoms with van der Waals surface area (Å²) in [6.07, 6.45) is 25.0. The fraction of sp³-hybridized carbons (Fsp3) is 0.900. The van der Waals surface area contributed by atoms with Crippen molar-refractivity contribution in [3.05, 3.63) is 0 Å². The van der Waals surface area contributed by atoms with Crippen molar-refractivity contribution in [2.24, 2.45) is 0 Å². The van der Waals surface area contributed by atoms with Crippen LogP contribution in [0.3, 0.4) is 0 Å². The van der Waals surface area contributed by atoms with Gasteiger partial charge in [-0.2, -0.15) is 0 Å². The third-order valence-corrected chi connectivity index (χ3v) is 5.95. The quantitative estimate of drug-likeness (QED) is 0.131. The highest BCUT2D eigenvalue weighted by Crippen LogP contribution is 2.09. The Labute approximate surface area is 239 Å². The molecule has 37 heavy (non-hydrogen) atoms. The second-order valence-electron chi connectivity index (χ2n) is 9.73. The van der Waals surface area contributed by atoms with Gasteiger partial charge in [-0.3, -0.25) is 0 Å². The minimum absolute atomic E-state index is 0. The van der Waals surface area contributed by atoms with Crippen LogP contribution in [0.2, 0.25) is 0 Å². The van der Waals surface area contributed by atoms with Gasteiger partial charge in [0.25, 0.3) is 0 Å². The molecule has 0 aliphatic heterocycles. The zero-order chi connectivity index (χ0) is 27.7. The van der Waals surface area contributed by atoms with E-state index < -0.39 is 17.9 Å². The number of carbonyl (C=O) groups excluding carboxylic acids is 3. The van der Waals surface area contributed by atoms with E-state index >= 15 is 0 Å². The summed E-state index contributed by atoms with van der Waals surface area (Å²) < 4.78 is 0. The van der Waals surface area contributed by atoms with Crippen molar-refractivity contribution in [1.29, 1.82) is 0 Å². The lowest BCUT2D eigenvalue weighted by Crippen LogP contribution is -2.21. The van der Waals surface area contributed by atoms with Crippen LogP contribution in [0.1, 0.15) is 175 Å². The van der Waals surface area contributed by atoms with Crippen LogP contribution in [0.5, 0.6) is 0 Å². The maximum Gasteiger partial charge on any atom is 0.187 e. The van der Waals surface area contributed by atoms with Gasteiger partial charge in [0, 0.05) is 17.9 Å². The van der Waals surface area contributed by atoms with Crippen molar-refractivity contribution in [3.8, 4) is 0 Å². The molecule has 0 aromatic rings. The molecule has 0 rings (SSSR count). The molecule has 0 heterocycles. The third-order valence-electron chi connectivity index (χ3n) is 5.95. The van der Waals surface area contributed by atoms with Gasteiger partial charge >= 0.3 is 0 Å². The van der Waals surface area contributed by atoms with Crippen LogP contribution in [0.4, 0.5) is 0 Å². The maximum atomic E-state index is 10.0. The van der Waals surface area contributed by atoms with Gasteiger partial charge in [-0.1, -0.05) is 136 Å². The van der Waals surface area contributed by atoms with Crippen molar-refractivity contribution in [1.82, 2.24) is 0 Å². The van der Waals surface area contributed by atoms with E-state index in [4.69, 9.17) is 0 Å². The molecule has 0 N–H and O–H groups in total. The van der Waals surface area contributed by atoms with Crippen LogP contribution in [0.25, 0.3) is 0 Å². The molecule has 0 saturated carbocycles. The van der Waals surface area contributed by atoms with Crippen molar-refractivity contribution in [3.63, 3.8) is 0 Å². The monoisotopic (exact) mass is 543 g/mol. The number of carboxylic acid groups (broad SMARTS) is 3. The minimum atomic E-state index is -0.913. The van der Waals surface area contributed by atoms with Crippen molar-refractivity contribution < 1.29 is 29.7 Å². The first-order chi connectivity index (χ1) is 17.3. The van der Waals surface area contributed by atoms with Gasteiger partial charge in [0.1, 0.15) is 0 Å². The average molecular weight is 544 g/mol. The summed E-state index contributed by atoms with van der Waals surface area (Å²) in [5.41, 5.74) is 0. The first-order valence-corrected chi connectivity index (χ1v) is 14.9. The summed E-state index contributed by atoms with van der Waals surface area (Å²) in [5.74, 6) is -2.74. The second-order valence-corrected chi connectivity index (χ2v) is 9.73. The van der Waals surface area contributed by atoms with Crippen LogP contribution in [-0.2, 0) is 14.4 Å². The molecule has 0 bridgehead atoms. The van der Waals surface area contributed by atoms with E-state index in [9.17, 15) is 29.7 Å². The van der Waals surface area contributed by atoms with E-state index in [1.54, 1.807) is 0 Å². The highest BCUT2D eigenvalue weighted by atomic mass is 27.0. The second kappa shape index (κ2) is 39.5. The molecule has 0 amide bonds. The lowest BCUT2D eigenvalue weighted by Gasteiger charge is -2.01. The number of hydrogen-bond acceptors (Lipinski definition) is 6. The SMILES string of the molecule is CCCCCCCCCC(=O)[O-].CCCCCCCCCC(=O)[O-].CCCCCCCCCC(=O)[O-].[AlH3]. The van der Waals surface area contributed by atoms with Crippen LogP contribution in [0, 0.1) is 0 Å². The molecule has 0 unspecified atom stereocenters. The van der Waals surface area contributed by atoms with E-state index in [1.165, 1.54) is 96.3 Å². The third kappa shape index (κ3) is 56.3. The highest BCUT2D eigenvalue weighted by Gasteiger charge is 1.92. The van der Waals surface area contributed by atoms with Crippen molar-refractivity contribution >= 4 is 35.3 Å². The summed E-state index contributed by atoms with van der Waals surface area (Å²) in [6.45, 7) is 6.57. The smallest absolute Gasteiger partial charge is 0.187 e. The Morgan fingerprint density at radius 2 is 0.514 bits per heavy atom. The molecule has 0 aliphatic rings. The average Bonchev–Trinajstić information content (AvgIpc) is 2.83. The molecule has 6 nitrogen and oxygen atoms in total. The number of carboxylic acids is 3. The fourth-order valence-electron chi connectivity index (χ4n) is 3.68.